The summed E-state index contributed by atoms with van der Waals surface area (Å²) in [6, 6.07) is 0. The van der Waals surface area contributed by atoms with Crippen molar-refractivity contribution in [1.82, 2.24) is 9.55 Å². The van der Waals surface area contributed by atoms with Crippen molar-refractivity contribution in [2.24, 2.45) is 7.05 Å². The molecule has 12 heavy (non-hydrogen) atoms. The number of imidazole rings is 1. The summed E-state index contributed by atoms with van der Waals surface area (Å²) in [6.07, 6.45) is 3.21. The minimum atomic E-state index is -0.434. The third-order valence-corrected chi connectivity index (χ3v) is 2.07. The first-order valence-electron chi connectivity index (χ1n) is 3.30. The van der Waals surface area contributed by atoms with E-state index >= 15 is 0 Å². The fourth-order valence-corrected chi connectivity index (χ4v) is 1.40. The number of hydrogen-bond donors (Lipinski definition) is 0. The predicted octanol–water partition coefficient (Wildman–Crippen LogP) is 1.19. The molecule has 0 saturated carbocycles. The van der Waals surface area contributed by atoms with Gasteiger partial charge in [0.05, 0.1) is 12.8 Å². The lowest BCUT2D eigenvalue weighted by Crippen LogP contribution is -2.00. The molecule has 0 radical (unpaired) electrons. The SMILES string of the molecule is CSCc1ncc([N+](=O)[O-])n1C. The number of nitrogens with zero attached hydrogens (tertiary/aromatic N) is 3. The Labute approximate surface area is 73.9 Å². The summed E-state index contributed by atoms with van der Waals surface area (Å²) in [5.41, 5.74) is 0. The van der Waals surface area contributed by atoms with Gasteiger partial charge in [0, 0.05) is 0 Å². The van der Waals surface area contributed by atoms with E-state index in [2.05, 4.69) is 4.98 Å². The summed E-state index contributed by atoms with van der Waals surface area (Å²) in [5.74, 6) is 1.47. The first kappa shape index (κ1) is 9.05. The predicted molar refractivity (Wildman–Crippen MR) is 47.1 cm³/mol. The van der Waals surface area contributed by atoms with Gasteiger partial charge in [0.15, 0.2) is 0 Å². The van der Waals surface area contributed by atoms with Crippen molar-refractivity contribution in [3.05, 3.63) is 22.1 Å². The summed E-state index contributed by atoms with van der Waals surface area (Å²) < 4.78 is 1.50. The highest BCUT2D eigenvalue weighted by atomic mass is 32.2. The molecule has 0 aliphatic heterocycles. The molecule has 0 N–H and O–H groups in total. The first-order chi connectivity index (χ1) is 5.66. The zero-order valence-corrected chi connectivity index (χ0v) is 7.67. The van der Waals surface area contributed by atoms with Crippen LogP contribution < -0.4 is 0 Å². The summed E-state index contributed by atoms with van der Waals surface area (Å²) >= 11 is 1.59. The van der Waals surface area contributed by atoms with Gasteiger partial charge in [-0.15, -0.1) is 0 Å². The number of nitro groups is 1. The van der Waals surface area contributed by atoms with Gasteiger partial charge in [0.1, 0.15) is 6.20 Å². The van der Waals surface area contributed by atoms with Crippen molar-refractivity contribution in [2.45, 2.75) is 5.75 Å². The maximum Gasteiger partial charge on any atom is 0.342 e. The standard InChI is InChI=1S/C6H9N3O2S/c1-8-5(4-12-2)7-3-6(8)9(10)11/h3H,4H2,1-2H3. The largest absolute Gasteiger partial charge is 0.358 e. The molecule has 1 rings (SSSR count). The zero-order valence-electron chi connectivity index (χ0n) is 6.85. The Morgan fingerprint density at radius 3 is 2.92 bits per heavy atom. The molecule has 0 aliphatic rings. The topological polar surface area (TPSA) is 61.0 Å². The molecule has 1 aromatic rings. The lowest BCUT2D eigenvalue weighted by molar-refractivity contribution is -0.391. The summed E-state index contributed by atoms with van der Waals surface area (Å²) in [7, 11) is 1.65. The smallest absolute Gasteiger partial charge is 0.342 e. The van der Waals surface area contributed by atoms with Crippen molar-refractivity contribution in [1.29, 1.82) is 0 Å². The summed E-state index contributed by atoms with van der Waals surface area (Å²) in [4.78, 5) is 13.9. The quantitative estimate of drug-likeness (QED) is 0.526. The third kappa shape index (κ3) is 1.58. The van der Waals surface area contributed by atoms with Crippen LogP contribution >= 0.6 is 11.8 Å². The molecule has 0 aliphatic carbocycles. The molecule has 0 saturated heterocycles. The van der Waals surface area contributed by atoms with Crippen molar-refractivity contribution >= 4 is 17.6 Å². The van der Waals surface area contributed by atoms with Crippen LogP contribution in [0.3, 0.4) is 0 Å². The molecule has 0 bridgehead atoms. The molecule has 0 amide bonds. The number of thioether (sulfide) groups is 1. The van der Waals surface area contributed by atoms with E-state index in [1.165, 1.54) is 10.8 Å². The van der Waals surface area contributed by atoms with Crippen LogP contribution in [0.5, 0.6) is 0 Å². The van der Waals surface area contributed by atoms with E-state index in [0.29, 0.717) is 5.75 Å². The van der Waals surface area contributed by atoms with Gasteiger partial charge in [-0.3, -0.25) is 0 Å². The first-order valence-corrected chi connectivity index (χ1v) is 4.70. The second-order valence-corrected chi connectivity index (χ2v) is 3.15. The average Bonchev–Trinajstić information content (AvgIpc) is 2.34. The van der Waals surface area contributed by atoms with Gasteiger partial charge in [-0.2, -0.15) is 11.8 Å². The highest BCUT2D eigenvalue weighted by Crippen LogP contribution is 2.14. The molecule has 0 unspecified atom stereocenters. The van der Waals surface area contributed by atoms with Crippen molar-refractivity contribution in [3.8, 4) is 0 Å². The molecule has 66 valence electrons. The van der Waals surface area contributed by atoms with Gasteiger partial charge in [-0.25, -0.2) is 9.55 Å². The maximum absolute atomic E-state index is 10.4. The highest BCUT2D eigenvalue weighted by Gasteiger charge is 2.14. The molecule has 1 heterocycles. The minimum Gasteiger partial charge on any atom is -0.358 e. The fraction of sp³-hybridized carbons (Fsp3) is 0.500. The van der Waals surface area contributed by atoms with Gasteiger partial charge in [-0.1, -0.05) is 0 Å². The van der Waals surface area contributed by atoms with Gasteiger partial charge in [0.2, 0.25) is 5.82 Å². The Kier molecular flexibility index (Phi) is 2.69. The maximum atomic E-state index is 10.4. The van der Waals surface area contributed by atoms with E-state index in [1.807, 2.05) is 6.26 Å². The molecule has 0 fully saturated rings. The molecule has 0 aromatic carbocycles. The van der Waals surface area contributed by atoms with Gasteiger partial charge >= 0.3 is 5.82 Å². The number of aromatic nitrogens is 2. The van der Waals surface area contributed by atoms with E-state index in [0.717, 1.165) is 5.82 Å². The summed E-state index contributed by atoms with van der Waals surface area (Å²) in [6.45, 7) is 0. The Hall–Kier alpha value is -1.04. The summed E-state index contributed by atoms with van der Waals surface area (Å²) in [5, 5.41) is 10.4. The van der Waals surface area contributed by atoms with E-state index in [4.69, 9.17) is 0 Å². The van der Waals surface area contributed by atoms with Crippen LogP contribution in [-0.2, 0) is 12.8 Å². The van der Waals surface area contributed by atoms with E-state index in [1.54, 1.807) is 18.8 Å². The van der Waals surface area contributed by atoms with Crippen LogP contribution in [0.25, 0.3) is 0 Å². The third-order valence-electron chi connectivity index (χ3n) is 1.52. The van der Waals surface area contributed by atoms with Crippen LogP contribution in [0.4, 0.5) is 5.82 Å². The van der Waals surface area contributed by atoms with Crippen LogP contribution in [0.2, 0.25) is 0 Å². The van der Waals surface area contributed by atoms with Gasteiger partial charge < -0.3 is 10.1 Å². The Balaban J connectivity index is 2.96. The van der Waals surface area contributed by atoms with Gasteiger partial charge in [0.25, 0.3) is 0 Å². The molecule has 1 aromatic heterocycles. The highest BCUT2D eigenvalue weighted by molar-refractivity contribution is 7.97. The number of rotatable bonds is 3. The van der Waals surface area contributed by atoms with Crippen LogP contribution in [0.15, 0.2) is 6.20 Å². The number of hydrogen-bond acceptors (Lipinski definition) is 4. The lowest BCUT2D eigenvalue weighted by Gasteiger charge is -1.95. The van der Waals surface area contributed by atoms with E-state index < -0.39 is 4.92 Å². The van der Waals surface area contributed by atoms with Crippen molar-refractivity contribution < 1.29 is 4.92 Å². The lowest BCUT2D eigenvalue weighted by atomic mass is 10.7. The molecule has 0 spiro atoms. The molecular weight excluding hydrogens is 178 g/mol. The Morgan fingerprint density at radius 2 is 2.50 bits per heavy atom. The van der Waals surface area contributed by atoms with Crippen molar-refractivity contribution in [2.75, 3.05) is 6.26 Å². The van der Waals surface area contributed by atoms with Gasteiger partial charge in [-0.05, 0) is 11.2 Å². The second kappa shape index (κ2) is 3.57. The van der Waals surface area contributed by atoms with Crippen LogP contribution in [-0.4, -0.2) is 20.7 Å². The van der Waals surface area contributed by atoms with E-state index in [9.17, 15) is 10.1 Å². The minimum absolute atomic E-state index is 0.0408. The molecule has 6 heteroatoms. The molecular formula is C6H9N3O2S. The van der Waals surface area contributed by atoms with Crippen LogP contribution in [0, 0.1) is 10.1 Å². The Bertz CT molecular complexity index is 297. The fourth-order valence-electron chi connectivity index (χ4n) is 0.870. The monoisotopic (exact) mass is 187 g/mol. The zero-order chi connectivity index (χ0) is 9.14. The Morgan fingerprint density at radius 1 is 1.83 bits per heavy atom. The molecule has 5 nitrogen and oxygen atoms in total. The second-order valence-electron chi connectivity index (χ2n) is 2.28. The van der Waals surface area contributed by atoms with Crippen LogP contribution in [0.1, 0.15) is 5.82 Å². The van der Waals surface area contributed by atoms with Crippen molar-refractivity contribution in [3.63, 3.8) is 0 Å². The molecule has 0 atom stereocenters. The van der Waals surface area contributed by atoms with E-state index in [-0.39, 0.29) is 5.82 Å². The normalized spacial score (nSPS) is 10.2. The average molecular weight is 187 g/mol.